The summed E-state index contributed by atoms with van der Waals surface area (Å²) in [6.45, 7) is 8.18. The van der Waals surface area contributed by atoms with E-state index in [9.17, 15) is 43.2 Å². The summed E-state index contributed by atoms with van der Waals surface area (Å²) in [6.07, 6.45) is 7.39. The van der Waals surface area contributed by atoms with E-state index in [0.717, 1.165) is 49.5 Å². The lowest BCUT2D eigenvalue weighted by Crippen LogP contribution is -2.64. The third kappa shape index (κ3) is 15.8. The Morgan fingerprint density at radius 1 is 0.408 bits per heavy atom. The van der Waals surface area contributed by atoms with Crippen molar-refractivity contribution in [1.82, 2.24) is 119 Å². The molecule has 0 aromatic carbocycles. The van der Waals surface area contributed by atoms with Gasteiger partial charge in [0.05, 0.1) is 55.2 Å². The first-order valence-corrected chi connectivity index (χ1v) is 31.5. The summed E-state index contributed by atoms with van der Waals surface area (Å²) in [5.74, 6) is -10.4. The fourth-order valence-electron chi connectivity index (χ4n) is 11.4. The van der Waals surface area contributed by atoms with Gasteiger partial charge in [-0.3, -0.25) is 76.6 Å². The fourth-order valence-corrected chi connectivity index (χ4v) is 11.4. The molecule has 0 saturated carbocycles. The van der Waals surface area contributed by atoms with E-state index in [1.807, 2.05) is 0 Å². The first-order valence-electron chi connectivity index (χ1n) is 31.5. The second-order valence-corrected chi connectivity index (χ2v) is 24.1. The molecule has 9 aromatic heterocycles. The first kappa shape index (κ1) is 73.9. The zero-order valence-corrected chi connectivity index (χ0v) is 55.7. The van der Waals surface area contributed by atoms with Crippen LogP contribution in [-0.2, 0) is 33.6 Å². The number of imidazole rings is 3. The van der Waals surface area contributed by atoms with Crippen molar-refractivity contribution in [3.63, 3.8) is 0 Å². The minimum Gasteiger partial charge on any atom is -0.383 e. The number of aromatic nitrogens is 18. The molecule has 27 N–H and O–H groups in total. The van der Waals surface area contributed by atoms with Crippen LogP contribution in [0.4, 0.5) is 35.3 Å². The third-order valence-electron chi connectivity index (χ3n) is 17.3. The number of fused-ring (bicyclic) bond motifs is 3. The second-order valence-electron chi connectivity index (χ2n) is 24.1. The summed E-state index contributed by atoms with van der Waals surface area (Å²) < 4.78 is 6.25. The summed E-state index contributed by atoms with van der Waals surface area (Å²) >= 11 is 0. The van der Waals surface area contributed by atoms with Gasteiger partial charge in [0.2, 0.25) is 59.2 Å². The molecule has 0 spiro atoms. The summed E-state index contributed by atoms with van der Waals surface area (Å²) in [5, 5.41) is 15.3. The van der Waals surface area contributed by atoms with Crippen molar-refractivity contribution in [3.05, 3.63) is 118 Å². The number of carbonyl (C=O) groups excluding carboxylic acids is 7. The van der Waals surface area contributed by atoms with Crippen LogP contribution in [0.2, 0.25) is 0 Å². The van der Waals surface area contributed by atoms with Crippen molar-refractivity contribution >= 4 is 110 Å². The van der Waals surface area contributed by atoms with E-state index in [4.69, 9.17) is 51.6 Å². The van der Waals surface area contributed by atoms with Gasteiger partial charge in [-0.25, -0.2) is 29.3 Å². The number of nitrogen functional groups attached to an aromatic ring is 6. The number of nitrogens with one attached hydrogen (secondary N) is 9. The Balaban J connectivity index is 1.15. The predicted molar refractivity (Wildman–Crippen MR) is 366 cm³/mol. The van der Waals surface area contributed by atoms with Gasteiger partial charge in [0.1, 0.15) is 59.7 Å². The summed E-state index contributed by atoms with van der Waals surface area (Å²) in [5.41, 5.74) is 46.6. The van der Waals surface area contributed by atoms with Gasteiger partial charge in [-0.05, 0) is 85.5 Å². The van der Waals surface area contributed by atoms with Gasteiger partial charge in [-0.2, -0.15) is 29.9 Å². The van der Waals surface area contributed by atoms with E-state index < -0.39 is 166 Å². The molecule has 7 amide bonds. The molecule has 9 rings (SSSR count). The lowest BCUT2D eigenvalue weighted by molar-refractivity contribution is -0.137. The molecule has 0 saturated heterocycles. The van der Waals surface area contributed by atoms with E-state index in [1.165, 1.54) is 75.2 Å². The maximum atomic E-state index is 15.9. The van der Waals surface area contributed by atoms with Crippen molar-refractivity contribution in [2.75, 3.05) is 40.9 Å². The predicted octanol–water partition coefficient (Wildman–Crippen LogP) is -8.13. The third-order valence-corrected chi connectivity index (χ3v) is 17.3. The zero-order valence-electron chi connectivity index (χ0n) is 55.7. The van der Waals surface area contributed by atoms with Gasteiger partial charge in [0.15, 0.2) is 33.5 Å². The number of unbranched alkanes of at least 4 members (excludes halogenated alkanes) is 1. The van der Waals surface area contributed by atoms with Crippen LogP contribution in [0.3, 0.4) is 0 Å². The SMILES string of the molecule is CC([C@H](NC(=O)[C@@H](NC(=O)[C@@H](NC(=O)[C@@H](NC(=O)[C@@H](NC(=O)[C@@H](N)C(C)n1cnc2c(=O)[nH]c(N)nc21)C(C)n1cnc2c(=O)[nH]c(N)nc21)C(C)n1ccc(N)nc1=O)C(C)n1cnc2c(=O)[nH]c(N)nc21)C(C)n1ccc(N)nc1=O)C(=O)N[C@@H](CCCCN)C(N)=O)n1ccc(N)nc1=O. The Bertz CT molecular complexity index is 5140. The number of hydrogen-bond acceptors (Lipinski definition) is 30. The molecule has 0 aliphatic rings. The van der Waals surface area contributed by atoms with Crippen molar-refractivity contribution < 1.29 is 33.6 Å². The number of hydrogen-bond donors (Lipinski definition) is 18. The lowest BCUT2D eigenvalue weighted by atomic mass is 10.0. The fraction of sp³-hybridized carbons (Fsp3) is 0.404. The Morgan fingerprint density at radius 2 is 0.689 bits per heavy atom. The molecular formula is C57H75N33O13. The summed E-state index contributed by atoms with van der Waals surface area (Å²) in [6, 6.07) is -18.4. The molecule has 46 heteroatoms. The highest BCUT2D eigenvalue weighted by atomic mass is 16.2. The number of rotatable bonds is 29. The van der Waals surface area contributed by atoms with E-state index in [-0.39, 0.29) is 69.9 Å². The highest BCUT2D eigenvalue weighted by Crippen LogP contribution is 2.25. The number of anilines is 6. The van der Waals surface area contributed by atoms with Crippen LogP contribution in [0.5, 0.6) is 0 Å². The zero-order chi connectivity index (χ0) is 75.3. The molecule has 546 valence electrons. The average molecular weight is 1430 g/mol. The Labute approximate surface area is 576 Å². The number of H-pyrrole nitrogens is 3. The number of carbonyl (C=O) groups is 7. The molecule has 0 aliphatic carbocycles. The van der Waals surface area contributed by atoms with Crippen LogP contribution in [0.1, 0.15) is 97.1 Å². The second kappa shape index (κ2) is 30.4. The number of aromatic amines is 3. The lowest BCUT2D eigenvalue weighted by Gasteiger charge is -2.34. The van der Waals surface area contributed by atoms with Crippen molar-refractivity contribution in [3.8, 4) is 0 Å². The molecular weight excluding hydrogens is 1350 g/mol. The minimum absolute atomic E-state index is 0.0271. The van der Waals surface area contributed by atoms with Crippen LogP contribution >= 0.6 is 0 Å². The average Bonchev–Trinajstić information content (AvgIpc) is 1.73. The molecule has 46 nitrogen and oxygen atoms in total. The molecule has 0 bridgehead atoms. The highest BCUT2D eigenvalue weighted by molar-refractivity contribution is 5.98. The molecule has 9 heterocycles. The van der Waals surface area contributed by atoms with Gasteiger partial charge in [-0.15, -0.1) is 0 Å². The van der Waals surface area contributed by atoms with Gasteiger partial charge >= 0.3 is 17.1 Å². The van der Waals surface area contributed by atoms with Gasteiger partial charge in [0.25, 0.3) is 16.7 Å². The van der Waals surface area contributed by atoms with Crippen LogP contribution in [0.25, 0.3) is 33.5 Å². The van der Waals surface area contributed by atoms with Crippen molar-refractivity contribution in [2.45, 2.75) is 139 Å². The van der Waals surface area contributed by atoms with E-state index in [1.54, 1.807) is 0 Å². The van der Waals surface area contributed by atoms with Crippen LogP contribution < -0.4 is 117 Å². The Kier molecular flexibility index (Phi) is 21.9. The normalized spacial score (nSPS) is 15.4. The Morgan fingerprint density at radius 3 is 0.981 bits per heavy atom. The quantitative estimate of drug-likeness (QED) is 0.0194. The molecule has 0 aliphatic heterocycles. The minimum atomic E-state index is -2.13. The van der Waals surface area contributed by atoms with E-state index in [0.29, 0.717) is 12.8 Å². The van der Waals surface area contributed by atoms with E-state index in [2.05, 4.69) is 91.7 Å². The molecule has 9 aromatic rings. The molecule has 0 fully saturated rings. The maximum Gasteiger partial charge on any atom is 0.349 e. The standard InChI is InChI=1S/C57H75N33O13/c1-20(88-17-67-36-40(88)79-52(64)82-49(36)98)30(62)43(92)74-34(24(5)89-18-68-37-41(89)80-53(65)83-50(37)99)47(96)76-33(23(4)87-16-12-29(61)73-57(87)103)46(95)78-35(25(6)90-19-69-38-42(90)81-54(66)84-51(38)100)48(97)77-32(22(3)86-15-11-28(60)72-56(86)102)45(94)75-31(21(2)85-14-10-27(59)71-55(85)101)44(93)70-26(39(63)91)9-7-8-13-58/h10-12,14-26,30-35H,7-9,13,58,62H2,1-6H3,(H2,63,91)(H,70,93)(H,74,92)(H,75,94)(H,76,96)(H,77,97)(H,78,95)(H2,59,71,101)(H2,60,72,102)(H2,61,73,103)(H3,64,79,82,98)(H3,65,80,83,99)(H3,66,81,84,100)/t20?,21?,22?,23?,24?,25?,26-,30-,31-,32-,33-,34-,35-/m0/s1. The van der Waals surface area contributed by atoms with Crippen LogP contribution in [0, 0.1) is 0 Å². The number of amides is 7. The largest absolute Gasteiger partial charge is 0.383 e. The summed E-state index contributed by atoms with van der Waals surface area (Å²) in [4.78, 5) is 229. The maximum absolute atomic E-state index is 15.9. The van der Waals surface area contributed by atoms with Crippen LogP contribution in [0.15, 0.2) is 84.5 Å². The molecule has 13 atom stereocenters. The first-order chi connectivity index (χ1) is 48.7. The Hall–Kier alpha value is -13.3. The van der Waals surface area contributed by atoms with Crippen molar-refractivity contribution in [1.29, 1.82) is 0 Å². The number of nitrogens with two attached hydrogens (primary N) is 9. The van der Waals surface area contributed by atoms with Gasteiger partial charge < -0.3 is 97.2 Å². The highest BCUT2D eigenvalue weighted by Gasteiger charge is 2.43. The van der Waals surface area contributed by atoms with E-state index >= 15 is 19.2 Å². The van der Waals surface area contributed by atoms with Gasteiger partial charge in [0, 0.05) is 18.6 Å². The van der Waals surface area contributed by atoms with Crippen LogP contribution in [-0.4, -0.2) is 177 Å². The molecule has 0 radical (unpaired) electrons. The van der Waals surface area contributed by atoms with Gasteiger partial charge in [-0.1, -0.05) is 0 Å². The number of primary amides is 1. The summed E-state index contributed by atoms with van der Waals surface area (Å²) in [7, 11) is 0. The molecule has 103 heavy (non-hydrogen) atoms. The van der Waals surface area contributed by atoms with Crippen molar-refractivity contribution in [2.24, 2.45) is 17.2 Å². The smallest absolute Gasteiger partial charge is 0.349 e. The topological polar surface area (TPSA) is 721 Å². The number of nitrogens with zero attached hydrogens (tertiary/aromatic N) is 15. The molecule has 6 unspecified atom stereocenters. The monoisotopic (exact) mass is 1430 g/mol.